The average molecular weight is 293 g/mol. The molecule has 0 radical (unpaired) electrons. The Morgan fingerprint density at radius 1 is 1.33 bits per heavy atom. The molecule has 1 aliphatic rings. The molecule has 1 fully saturated rings. The van der Waals surface area contributed by atoms with E-state index in [-0.39, 0.29) is 5.82 Å². The molecule has 118 valence electrons. The van der Waals surface area contributed by atoms with Crippen molar-refractivity contribution in [2.24, 2.45) is 5.92 Å². The van der Waals surface area contributed by atoms with Gasteiger partial charge in [-0.3, -0.25) is 0 Å². The molecule has 0 bridgehead atoms. The summed E-state index contributed by atoms with van der Waals surface area (Å²) in [5, 5.41) is 3.64. The number of hydrogen-bond donors (Lipinski definition) is 1. The number of nitrogens with one attached hydrogen (secondary N) is 1. The van der Waals surface area contributed by atoms with Crippen LogP contribution in [0.4, 0.5) is 4.39 Å². The van der Waals surface area contributed by atoms with Crippen molar-refractivity contribution in [3.05, 3.63) is 29.6 Å². The van der Waals surface area contributed by atoms with Crippen LogP contribution in [-0.4, -0.2) is 19.7 Å². The largest absolute Gasteiger partial charge is 0.494 e. The third-order valence-electron chi connectivity index (χ3n) is 4.47. The van der Waals surface area contributed by atoms with E-state index in [0.717, 1.165) is 30.9 Å². The molecular formula is C18H28FNO. The fourth-order valence-electron chi connectivity index (χ4n) is 3.36. The van der Waals surface area contributed by atoms with Crippen molar-refractivity contribution in [2.45, 2.75) is 57.9 Å². The number of rotatable bonds is 8. The molecule has 0 saturated heterocycles. The standard InChI is InChI=1S/C18H28FNO/c1-3-10-20-16(11-14-6-4-5-7-14)12-15-8-9-18(21-2)17(19)13-15/h8-9,13-14,16,20H,3-7,10-12H2,1-2H3. The van der Waals surface area contributed by atoms with Crippen molar-refractivity contribution in [1.82, 2.24) is 5.32 Å². The Kier molecular flexibility index (Phi) is 6.50. The second kappa shape index (κ2) is 8.38. The van der Waals surface area contributed by atoms with Crippen molar-refractivity contribution in [1.29, 1.82) is 0 Å². The Balaban J connectivity index is 1.97. The molecule has 3 heteroatoms. The summed E-state index contributed by atoms with van der Waals surface area (Å²) in [5.41, 5.74) is 1.06. The topological polar surface area (TPSA) is 21.3 Å². The van der Waals surface area contributed by atoms with Crippen LogP contribution in [0.3, 0.4) is 0 Å². The van der Waals surface area contributed by atoms with Gasteiger partial charge in [0.15, 0.2) is 11.6 Å². The maximum Gasteiger partial charge on any atom is 0.165 e. The van der Waals surface area contributed by atoms with Crippen LogP contribution in [-0.2, 0) is 6.42 Å². The summed E-state index contributed by atoms with van der Waals surface area (Å²) in [4.78, 5) is 0. The van der Waals surface area contributed by atoms with Gasteiger partial charge in [0, 0.05) is 6.04 Å². The van der Waals surface area contributed by atoms with Gasteiger partial charge in [-0.25, -0.2) is 4.39 Å². The van der Waals surface area contributed by atoms with Gasteiger partial charge in [0.1, 0.15) is 0 Å². The van der Waals surface area contributed by atoms with Gasteiger partial charge in [0.2, 0.25) is 0 Å². The highest BCUT2D eigenvalue weighted by atomic mass is 19.1. The van der Waals surface area contributed by atoms with Gasteiger partial charge in [-0.2, -0.15) is 0 Å². The molecule has 2 nitrogen and oxygen atoms in total. The number of methoxy groups -OCH3 is 1. The van der Waals surface area contributed by atoms with E-state index in [1.54, 1.807) is 12.1 Å². The summed E-state index contributed by atoms with van der Waals surface area (Å²) in [6.07, 6.45) is 8.73. The summed E-state index contributed by atoms with van der Waals surface area (Å²) in [5.74, 6) is 0.917. The molecule has 0 spiro atoms. The second-order valence-electron chi connectivity index (χ2n) is 6.21. The highest BCUT2D eigenvalue weighted by molar-refractivity contribution is 5.29. The SMILES string of the molecule is CCCNC(Cc1ccc(OC)c(F)c1)CC1CCCC1. The van der Waals surface area contributed by atoms with Gasteiger partial charge in [-0.05, 0) is 49.4 Å². The molecule has 1 atom stereocenters. The summed E-state index contributed by atoms with van der Waals surface area (Å²) >= 11 is 0. The number of ether oxygens (including phenoxy) is 1. The Bertz CT molecular complexity index is 429. The monoisotopic (exact) mass is 293 g/mol. The first-order chi connectivity index (χ1) is 10.2. The normalized spacial score (nSPS) is 17.1. The fraction of sp³-hybridized carbons (Fsp3) is 0.667. The highest BCUT2D eigenvalue weighted by Gasteiger charge is 2.20. The molecule has 0 aliphatic heterocycles. The molecule has 0 heterocycles. The van der Waals surface area contributed by atoms with Gasteiger partial charge >= 0.3 is 0 Å². The van der Waals surface area contributed by atoms with Gasteiger partial charge < -0.3 is 10.1 Å². The number of halogens is 1. The molecule has 1 aliphatic carbocycles. The molecule has 1 unspecified atom stereocenters. The lowest BCUT2D eigenvalue weighted by Crippen LogP contribution is -2.33. The predicted molar refractivity (Wildman–Crippen MR) is 85.3 cm³/mol. The Morgan fingerprint density at radius 2 is 2.10 bits per heavy atom. The maximum atomic E-state index is 13.8. The van der Waals surface area contributed by atoms with Crippen LogP contribution in [0.5, 0.6) is 5.75 Å². The lowest BCUT2D eigenvalue weighted by atomic mass is 9.93. The molecule has 1 aromatic carbocycles. The summed E-state index contributed by atoms with van der Waals surface area (Å²) < 4.78 is 18.8. The predicted octanol–water partition coefficient (Wildman–Crippen LogP) is 4.33. The molecule has 0 aromatic heterocycles. The van der Waals surface area contributed by atoms with E-state index in [1.807, 2.05) is 6.07 Å². The van der Waals surface area contributed by atoms with Gasteiger partial charge in [-0.1, -0.05) is 38.7 Å². The molecule has 1 saturated carbocycles. The smallest absolute Gasteiger partial charge is 0.165 e. The minimum Gasteiger partial charge on any atom is -0.494 e. The van der Waals surface area contributed by atoms with E-state index in [9.17, 15) is 4.39 Å². The summed E-state index contributed by atoms with van der Waals surface area (Å²) in [7, 11) is 1.50. The molecular weight excluding hydrogens is 265 g/mol. The van der Waals surface area contributed by atoms with Crippen molar-refractivity contribution in [2.75, 3.05) is 13.7 Å². The zero-order valence-electron chi connectivity index (χ0n) is 13.3. The number of hydrogen-bond acceptors (Lipinski definition) is 2. The molecule has 1 N–H and O–H groups in total. The van der Waals surface area contributed by atoms with E-state index >= 15 is 0 Å². The first kappa shape index (κ1) is 16.3. The zero-order chi connectivity index (χ0) is 15.1. The fourth-order valence-corrected chi connectivity index (χ4v) is 3.36. The van der Waals surface area contributed by atoms with E-state index in [4.69, 9.17) is 4.74 Å². The minimum absolute atomic E-state index is 0.259. The van der Waals surface area contributed by atoms with Crippen LogP contribution in [0.2, 0.25) is 0 Å². The molecule has 21 heavy (non-hydrogen) atoms. The Hall–Kier alpha value is -1.09. The van der Waals surface area contributed by atoms with Crippen LogP contribution < -0.4 is 10.1 Å². The first-order valence-electron chi connectivity index (χ1n) is 8.28. The Morgan fingerprint density at radius 3 is 2.71 bits per heavy atom. The molecule has 2 rings (SSSR count). The quantitative estimate of drug-likeness (QED) is 0.770. The third-order valence-corrected chi connectivity index (χ3v) is 4.47. The second-order valence-corrected chi connectivity index (χ2v) is 6.21. The minimum atomic E-state index is -0.259. The zero-order valence-corrected chi connectivity index (χ0v) is 13.3. The van der Waals surface area contributed by atoms with Crippen LogP contribution >= 0.6 is 0 Å². The average Bonchev–Trinajstić information content (AvgIpc) is 2.98. The highest BCUT2D eigenvalue weighted by Crippen LogP contribution is 2.29. The van der Waals surface area contributed by atoms with Crippen molar-refractivity contribution >= 4 is 0 Å². The van der Waals surface area contributed by atoms with Crippen molar-refractivity contribution in [3.63, 3.8) is 0 Å². The lowest BCUT2D eigenvalue weighted by Gasteiger charge is -2.22. The van der Waals surface area contributed by atoms with Gasteiger partial charge in [0.05, 0.1) is 7.11 Å². The van der Waals surface area contributed by atoms with Gasteiger partial charge in [0.25, 0.3) is 0 Å². The van der Waals surface area contributed by atoms with Crippen LogP contribution in [0, 0.1) is 11.7 Å². The van der Waals surface area contributed by atoms with E-state index in [0.29, 0.717) is 11.8 Å². The van der Waals surface area contributed by atoms with E-state index < -0.39 is 0 Å². The van der Waals surface area contributed by atoms with Crippen LogP contribution in [0.1, 0.15) is 51.0 Å². The summed E-state index contributed by atoms with van der Waals surface area (Å²) in [6.45, 7) is 3.22. The number of benzene rings is 1. The summed E-state index contributed by atoms with van der Waals surface area (Å²) in [6, 6.07) is 5.79. The van der Waals surface area contributed by atoms with Crippen LogP contribution in [0.25, 0.3) is 0 Å². The molecule has 1 aromatic rings. The Labute approximate surface area is 128 Å². The third kappa shape index (κ3) is 4.99. The maximum absolute atomic E-state index is 13.8. The van der Waals surface area contributed by atoms with Crippen LogP contribution in [0.15, 0.2) is 18.2 Å². The van der Waals surface area contributed by atoms with E-state index in [2.05, 4.69) is 12.2 Å². The molecule has 0 amide bonds. The van der Waals surface area contributed by atoms with E-state index in [1.165, 1.54) is 39.2 Å². The first-order valence-corrected chi connectivity index (χ1v) is 8.28. The van der Waals surface area contributed by atoms with Crippen molar-refractivity contribution in [3.8, 4) is 5.75 Å². The van der Waals surface area contributed by atoms with Crippen molar-refractivity contribution < 1.29 is 9.13 Å². The lowest BCUT2D eigenvalue weighted by molar-refractivity contribution is 0.379. The van der Waals surface area contributed by atoms with Gasteiger partial charge in [-0.15, -0.1) is 0 Å².